The summed E-state index contributed by atoms with van der Waals surface area (Å²) in [5, 5.41) is 12.9. The van der Waals surface area contributed by atoms with Gasteiger partial charge in [-0.25, -0.2) is 0 Å². The van der Waals surface area contributed by atoms with E-state index in [4.69, 9.17) is 0 Å². The molecule has 1 saturated carbocycles. The fourth-order valence-electron chi connectivity index (χ4n) is 3.72. The Hall–Kier alpha value is -0.120. The van der Waals surface area contributed by atoms with Crippen molar-refractivity contribution in [3.05, 3.63) is 0 Å². The Morgan fingerprint density at radius 3 is 2.70 bits per heavy atom. The lowest BCUT2D eigenvalue weighted by Crippen LogP contribution is -2.47. The molecule has 20 heavy (non-hydrogen) atoms. The number of nitrogens with one attached hydrogen (secondary N) is 1. The van der Waals surface area contributed by atoms with Crippen molar-refractivity contribution >= 4 is 0 Å². The van der Waals surface area contributed by atoms with Crippen LogP contribution in [0.1, 0.15) is 53.4 Å². The van der Waals surface area contributed by atoms with Crippen LogP contribution < -0.4 is 5.32 Å². The third-order valence-corrected chi connectivity index (χ3v) is 4.66. The van der Waals surface area contributed by atoms with Crippen LogP contribution in [0.25, 0.3) is 0 Å². The van der Waals surface area contributed by atoms with E-state index in [2.05, 4.69) is 37.9 Å². The molecule has 1 fully saturated rings. The molecule has 0 spiro atoms. The molecule has 2 atom stereocenters. The van der Waals surface area contributed by atoms with Crippen LogP contribution in [0.15, 0.2) is 0 Å². The number of hydrogen-bond donors (Lipinski definition) is 2. The summed E-state index contributed by atoms with van der Waals surface area (Å²) in [6.07, 6.45) is 5.42. The lowest BCUT2D eigenvalue weighted by atomic mass is 9.69. The highest BCUT2D eigenvalue weighted by atomic mass is 16.3. The number of nitrogens with zero attached hydrogens (tertiary/aromatic N) is 1. The van der Waals surface area contributed by atoms with Crippen molar-refractivity contribution in [2.24, 2.45) is 17.3 Å². The zero-order valence-corrected chi connectivity index (χ0v) is 14.1. The molecule has 0 aromatic heterocycles. The van der Waals surface area contributed by atoms with Crippen molar-refractivity contribution < 1.29 is 5.11 Å². The fourth-order valence-corrected chi connectivity index (χ4v) is 3.72. The molecule has 120 valence electrons. The summed E-state index contributed by atoms with van der Waals surface area (Å²) in [6, 6.07) is 0. The monoisotopic (exact) mass is 284 g/mol. The predicted octanol–water partition coefficient (Wildman–Crippen LogP) is 2.74. The van der Waals surface area contributed by atoms with Gasteiger partial charge in [-0.2, -0.15) is 0 Å². The van der Waals surface area contributed by atoms with E-state index in [1.54, 1.807) is 0 Å². The molecule has 0 aromatic carbocycles. The lowest BCUT2D eigenvalue weighted by molar-refractivity contribution is 0.0725. The minimum atomic E-state index is 0.277. The van der Waals surface area contributed by atoms with Gasteiger partial charge in [0.25, 0.3) is 0 Å². The van der Waals surface area contributed by atoms with Crippen molar-refractivity contribution in [1.82, 2.24) is 10.2 Å². The molecule has 1 aliphatic carbocycles. The molecule has 1 rings (SSSR count). The fraction of sp³-hybridized carbons (Fsp3) is 1.00. The van der Waals surface area contributed by atoms with Crippen LogP contribution in [-0.2, 0) is 0 Å². The quantitative estimate of drug-likeness (QED) is 0.683. The highest BCUT2D eigenvalue weighted by Gasteiger charge is 2.35. The van der Waals surface area contributed by atoms with Crippen molar-refractivity contribution in [3.8, 4) is 0 Å². The Kier molecular flexibility index (Phi) is 8.08. The molecular formula is C17H36N2O. The molecule has 0 aliphatic heterocycles. The standard InChI is InChI=1S/C17H36N2O/c1-5-19(9-10-20)14-17(13-18-12-15(2)3)8-6-7-16(4)11-17/h15-16,18,20H,5-14H2,1-4H3. The normalized spacial score (nSPS) is 27.4. The van der Waals surface area contributed by atoms with Crippen LogP contribution in [0.4, 0.5) is 0 Å². The van der Waals surface area contributed by atoms with E-state index in [-0.39, 0.29) is 6.61 Å². The summed E-state index contributed by atoms with van der Waals surface area (Å²) < 4.78 is 0. The molecule has 2 N–H and O–H groups in total. The Balaban J connectivity index is 2.62. The third kappa shape index (κ3) is 6.11. The maximum atomic E-state index is 9.22. The molecular weight excluding hydrogens is 248 g/mol. The molecule has 0 aromatic rings. The molecule has 3 nitrogen and oxygen atoms in total. The Morgan fingerprint density at radius 2 is 2.15 bits per heavy atom. The summed E-state index contributed by atoms with van der Waals surface area (Å²) in [5.74, 6) is 1.56. The molecule has 1 aliphatic rings. The summed E-state index contributed by atoms with van der Waals surface area (Å²) in [5.41, 5.74) is 0.414. The highest BCUT2D eigenvalue weighted by Crippen LogP contribution is 2.39. The second-order valence-electron chi connectivity index (χ2n) is 7.32. The second-order valence-corrected chi connectivity index (χ2v) is 7.32. The molecule has 0 saturated heterocycles. The zero-order chi connectivity index (χ0) is 15.0. The number of likely N-dealkylation sites (N-methyl/N-ethyl adjacent to an activating group) is 1. The summed E-state index contributed by atoms with van der Waals surface area (Å²) in [4.78, 5) is 2.43. The van der Waals surface area contributed by atoms with Gasteiger partial charge in [0.15, 0.2) is 0 Å². The first kappa shape index (κ1) is 17.9. The SMILES string of the molecule is CCN(CCO)CC1(CNCC(C)C)CCCC(C)C1. The van der Waals surface area contributed by atoms with Gasteiger partial charge in [0.05, 0.1) is 6.61 Å². The maximum absolute atomic E-state index is 9.22. The Bertz CT molecular complexity index is 257. The Labute approximate surface area is 126 Å². The number of hydrogen-bond acceptors (Lipinski definition) is 3. The number of aliphatic hydroxyl groups excluding tert-OH is 1. The van der Waals surface area contributed by atoms with Crippen molar-refractivity contribution in [2.45, 2.75) is 53.4 Å². The molecule has 0 radical (unpaired) electrons. The van der Waals surface area contributed by atoms with Gasteiger partial charge in [-0.15, -0.1) is 0 Å². The number of aliphatic hydroxyl groups is 1. The lowest BCUT2D eigenvalue weighted by Gasteiger charge is -2.43. The predicted molar refractivity (Wildman–Crippen MR) is 87.0 cm³/mol. The molecule has 0 amide bonds. The molecule has 0 heterocycles. The van der Waals surface area contributed by atoms with Gasteiger partial charge in [-0.1, -0.05) is 40.5 Å². The van der Waals surface area contributed by atoms with E-state index >= 15 is 0 Å². The smallest absolute Gasteiger partial charge is 0.0558 e. The van der Waals surface area contributed by atoms with Gasteiger partial charge in [0.1, 0.15) is 0 Å². The maximum Gasteiger partial charge on any atom is 0.0558 e. The Morgan fingerprint density at radius 1 is 1.40 bits per heavy atom. The van der Waals surface area contributed by atoms with E-state index in [9.17, 15) is 5.11 Å². The van der Waals surface area contributed by atoms with Gasteiger partial charge in [0, 0.05) is 19.6 Å². The molecule has 0 bridgehead atoms. The van der Waals surface area contributed by atoms with E-state index in [0.717, 1.165) is 38.6 Å². The van der Waals surface area contributed by atoms with Crippen LogP contribution in [0.5, 0.6) is 0 Å². The highest BCUT2D eigenvalue weighted by molar-refractivity contribution is 4.90. The first-order chi connectivity index (χ1) is 9.51. The average molecular weight is 284 g/mol. The van der Waals surface area contributed by atoms with Gasteiger partial charge in [-0.3, -0.25) is 0 Å². The van der Waals surface area contributed by atoms with Crippen molar-refractivity contribution in [2.75, 3.05) is 39.3 Å². The first-order valence-electron chi connectivity index (χ1n) is 8.55. The largest absolute Gasteiger partial charge is 0.395 e. The third-order valence-electron chi connectivity index (χ3n) is 4.66. The van der Waals surface area contributed by atoms with Crippen molar-refractivity contribution in [3.63, 3.8) is 0 Å². The zero-order valence-electron chi connectivity index (χ0n) is 14.1. The van der Waals surface area contributed by atoms with E-state index in [1.807, 2.05) is 0 Å². The minimum absolute atomic E-state index is 0.277. The average Bonchev–Trinajstić information content (AvgIpc) is 2.37. The molecule has 2 unspecified atom stereocenters. The van der Waals surface area contributed by atoms with Crippen LogP contribution in [0, 0.1) is 17.3 Å². The summed E-state index contributed by atoms with van der Waals surface area (Å²) in [7, 11) is 0. The van der Waals surface area contributed by atoms with Crippen LogP contribution in [-0.4, -0.2) is 49.3 Å². The second kappa shape index (κ2) is 9.01. The van der Waals surface area contributed by atoms with E-state index in [0.29, 0.717) is 11.3 Å². The first-order valence-corrected chi connectivity index (χ1v) is 8.55. The van der Waals surface area contributed by atoms with Gasteiger partial charge in [-0.05, 0) is 43.2 Å². The van der Waals surface area contributed by atoms with Crippen molar-refractivity contribution in [1.29, 1.82) is 0 Å². The van der Waals surface area contributed by atoms with Crippen LogP contribution in [0.2, 0.25) is 0 Å². The van der Waals surface area contributed by atoms with Gasteiger partial charge in [0.2, 0.25) is 0 Å². The number of rotatable bonds is 9. The topological polar surface area (TPSA) is 35.5 Å². The van der Waals surface area contributed by atoms with Crippen LogP contribution in [0.3, 0.4) is 0 Å². The van der Waals surface area contributed by atoms with Crippen LogP contribution >= 0.6 is 0 Å². The summed E-state index contributed by atoms with van der Waals surface area (Å²) in [6.45, 7) is 14.7. The summed E-state index contributed by atoms with van der Waals surface area (Å²) >= 11 is 0. The minimum Gasteiger partial charge on any atom is -0.395 e. The van der Waals surface area contributed by atoms with E-state index < -0.39 is 0 Å². The molecule has 3 heteroatoms. The van der Waals surface area contributed by atoms with Gasteiger partial charge >= 0.3 is 0 Å². The van der Waals surface area contributed by atoms with Gasteiger partial charge < -0.3 is 15.3 Å². The van der Waals surface area contributed by atoms with E-state index in [1.165, 1.54) is 25.7 Å².